The van der Waals surface area contributed by atoms with Gasteiger partial charge in [-0.1, -0.05) is 12.7 Å². The van der Waals surface area contributed by atoms with Gasteiger partial charge in [-0.3, -0.25) is 4.79 Å². The fraction of sp³-hybridized carbons (Fsp3) is 0.150. The van der Waals surface area contributed by atoms with Crippen molar-refractivity contribution in [3.63, 3.8) is 0 Å². The van der Waals surface area contributed by atoms with Crippen molar-refractivity contribution in [1.82, 2.24) is 20.1 Å². The lowest BCUT2D eigenvalue weighted by Gasteiger charge is -2.13. The molecule has 8 heteroatoms. The van der Waals surface area contributed by atoms with Crippen molar-refractivity contribution in [2.24, 2.45) is 0 Å². The molecule has 0 saturated carbocycles. The number of halogens is 2. The molecule has 0 bridgehead atoms. The van der Waals surface area contributed by atoms with Gasteiger partial charge in [0.25, 0.3) is 5.91 Å². The molecule has 1 N–H and O–H groups in total. The van der Waals surface area contributed by atoms with Crippen molar-refractivity contribution in [2.45, 2.75) is 19.9 Å². The van der Waals surface area contributed by atoms with Gasteiger partial charge in [-0.25, -0.2) is 14.1 Å². The molecule has 144 valence electrons. The zero-order valence-corrected chi connectivity index (χ0v) is 17.7. The Hall–Kier alpha value is -2.58. The number of carbonyl (C=O) groups excluding carboxylic acids is 1. The third-order valence-electron chi connectivity index (χ3n) is 4.11. The topological polar surface area (TPSA) is 59.8 Å². The molecule has 1 atom stereocenters. The average Bonchev–Trinajstić information content (AvgIpc) is 3.29. The van der Waals surface area contributed by atoms with Crippen LogP contribution < -0.4 is 5.32 Å². The number of rotatable bonds is 6. The normalized spacial score (nSPS) is 12.6. The molecule has 1 unspecified atom stereocenters. The lowest BCUT2D eigenvalue weighted by atomic mass is 10.0. The molecule has 2 heterocycles. The second-order valence-electron chi connectivity index (χ2n) is 5.94. The number of nitrogens with zero attached hydrogens (tertiary/aromatic N) is 3. The van der Waals surface area contributed by atoms with Crippen LogP contribution in [0.3, 0.4) is 0 Å². The fourth-order valence-electron chi connectivity index (χ4n) is 2.76. The predicted molar refractivity (Wildman–Crippen MR) is 114 cm³/mol. The summed E-state index contributed by atoms with van der Waals surface area (Å²) in [5.74, 6) is -0.560. The van der Waals surface area contributed by atoms with E-state index < -0.39 is 0 Å². The molecule has 0 aliphatic heterocycles. The van der Waals surface area contributed by atoms with E-state index in [1.807, 2.05) is 12.3 Å². The average molecular weight is 461 g/mol. The van der Waals surface area contributed by atoms with Crippen LogP contribution in [-0.4, -0.2) is 20.7 Å². The van der Waals surface area contributed by atoms with Gasteiger partial charge >= 0.3 is 0 Å². The van der Waals surface area contributed by atoms with Crippen LogP contribution in [0.2, 0.25) is 0 Å². The Kier molecular flexibility index (Phi) is 6.21. The zero-order chi connectivity index (χ0) is 20.3. The number of hydrogen-bond acceptors (Lipinski definition) is 4. The molecular weight excluding hydrogens is 443 g/mol. The molecule has 0 saturated heterocycles. The van der Waals surface area contributed by atoms with Gasteiger partial charge in [0.1, 0.15) is 15.4 Å². The quantitative estimate of drug-likeness (QED) is 0.517. The van der Waals surface area contributed by atoms with Crippen molar-refractivity contribution >= 4 is 44.8 Å². The number of allylic oxidation sites excluding steroid dienone is 1. The first-order valence-electron chi connectivity index (χ1n) is 8.49. The third kappa shape index (κ3) is 4.13. The molecule has 28 heavy (non-hydrogen) atoms. The molecule has 0 radical (unpaired) electrons. The monoisotopic (exact) mass is 460 g/mol. The lowest BCUT2D eigenvalue weighted by Crippen LogP contribution is -2.27. The van der Waals surface area contributed by atoms with Crippen molar-refractivity contribution in [3.8, 4) is 5.69 Å². The van der Waals surface area contributed by atoms with Crippen LogP contribution in [0, 0.1) is 5.82 Å². The minimum absolute atomic E-state index is 0.233. The van der Waals surface area contributed by atoms with Crippen molar-refractivity contribution in [1.29, 1.82) is 0 Å². The summed E-state index contributed by atoms with van der Waals surface area (Å²) in [4.78, 5) is 17.2. The summed E-state index contributed by atoms with van der Waals surface area (Å²) in [6.07, 6.45) is 4.97. The highest BCUT2D eigenvalue weighted by Gasteiger charge is 2.21. The van der Waals surface area contributed by atoms with Crippen LogP contribution >= 0.6 is 27.3 Å². The minimum atomic E-state index is -0.326. The smallest absolute Gasteiger partial charge is 0.252 e. The standard InChI is InChI=1S/C20H18BrFN4OS/c1-4-15(19(27)24-12(3)20-25-18(21)11-28-20)16-10-23-26(17(16)5-2)14-8-6-13(22)7-9-14/h4-12H,2H2,1,3H3,(H,24,27)/b15-4+. The highest BCUT2D eigenvalue weighted by atomic mass is 79.9. The van der Waals surface area contributed by atoms with E-state index in [2.05, 4.69) is 37.9 Å². The Balaban J connectivity index is 1.89. The van der Waals surface area contributed by atoms with E-state index >= 15 is 0 Å². The number of nitrogens with one attached hydrogen (secondary N) is 1. The molecule has 0 aliphatic carbocycles. The maximum Gasteiger partial charge on any atom is 0.252 e. The van der Waals surface area contributed by atoms with Crippen LogP contribution in [0.1, 0.15) is 36.2 Å². The van der Waals surface area contributed by atoms with Crippen molar-refractivity contribution < 1.29 is 9.18 Å². The summed E-state index contributed by atoms with van der Waals surface area (Å²) in [6.45, 7) is 7.52. The van der Waals surface area contributed by atoms with E-state index in [-0.39, 0.29) is 17.8 Å². The zero-order valence-electron chi connectivity index (χ0n) is 15.3. The first-order valence-corrected chi connectivity index (χ1v) is 10.2. The van der Waals surface area contributed by atoms with Gasteiger partial charge < -0.3 is 5.32 Å². The van der Waals surface area contributed by atoms with Crippen LogP contribution in [-0.2, 0) is 4.79 Å². The number of aromatic nitrogens is 3. The summed E-state index contributed by atoms with van der Waals surface area (Å²) in [5, 5.41) is 10.0. The molecule has 3 aromatic rings. The minimum Gasteiger partial charge on any atom is -0.343 e. The molecule has 1 amide bonds. The lowest BCUT2D eigenvalue weighted by molar-refractivity contribution is -0.116. The summed E-state index contributed by atoms with van der Waals surface area (Å²) in [5.41, 5.74) is 2.46. The van der Waals surface area contributed by atoms with E-state index in [1.54, 1.807) is 42.1 Å². The first kappa shape index (κ1) is 20.2. The summed E-state index contributed by atoms with van der Waals surface area (Å²) < 4.78 is 15.6. The molecule has 0 aliphatic rings. The second-order valence-corrected chi connectivity index (χ2v) is 7.64. The van der Waals surface area contributed by atoms with E-state index in [1.165, 1.54) is 23.5 Å². The van der Waals surface area contributed by atoms with Crippen molar-refractivity contribution in [3.05, 3.63) is 75.2 Å². The fourth-order valence-corrected chi connectivity index (χ4v) is 4.03. The van der Waals surface area contributed by atoms with Gasteiger partial charge in [-0.2, -0.15) is 5.10 Å². The molecule has 3 rings (SSSR count). The van der Waals surface area contributed by atoms with Gasteiger partial charge in [0, 0.05) is 16.5 Å². The van der Waals surface area contributed by atoms with Gasteiger partial charge in [-0.15, -0.1) is 11.3 Å². The maximum absolute atomic E-state index is 13.2. The Labute approximate surface area is 174 Å². The molecule has 5 nitrogen and oxygen atoms in total. The van der Waals surface area contributed by atoms with Gasteiger partial charge in [0.15, 0.2) is 0 Å². The van der Waals surface area contributed by atoms with E-state index in [0.717, 1.165) is 9.61 Å². The Bertz CT molecular complexity index is 1040. The number of amides is 1. The molecule has 1 aromatic carbocycles. The maximum atomic E-state index is 13.2. The highest BCUT2D eigenvalue weighted by molar-refractivity contribution is 9.10. The Morgan fingerprint density at radius 1 is 1.39 bits per heavy atom. The van der Waals surface area contributed by atoms with E-state index in [9.17, 15) is 9.18 Å². The van der Waals surface area contributed by atoms with Crippen LogP contribution in [0.15, 0.2) is 53.1 Å². The molecular formula is C20H18BrFN4OS. The van der Waals surface area contributed by atoms with Crippen molar-refractivity contribution in [2.75, 3.05) is 0 Å². The van der Waals surface area contributed by atoms with Crippen LogP contribution in [0.4, 0.5) is 4.39 Å². The van der Waals surface area contributed by atoms with Gasteiger partial charge in [0.05, 0.1) is 23.6 Å². The highest BCUT2D eigenvalue weighted by Crippen LogP contribution is 2.26. The number of thiazole rings is 1. The summed E-state index contributed by atoms with van der Waals surface area (Å²) >= 11 is 4.79. The number of benzene rings is 1. The molecule has 0 spiro atoms. The largest absolute Gasteiger partial charge is 0.343 e. The van der Waals surface area contributed by atoms with Crippen LogP contribution in [0.25, 0.3) is 17.3 Å². The molecule has 0 fully saturated rings. The number of carbonyl (C=O) groups is 1. The van der Waals surface area contributed by atoms with E-state index in [0.29, 0.717) is 22.5 Å². The number of hydrogen-bond donors (Lipinski definition) is 1. The Morgan fingerprint density at radius 3 is 2.68 bits per heavy atom. The first-order chi connectivity index (χ1) is 13.4. The second kappa shape index (κ2) is 8.62. The van der Waals surface area contributed by atoms with Gasteiger partial charge in [0.2, 0.25) is 0 Å². The third-order valence-corrected chi connectivity index (χ3v) is 5.84. The SMILES string of the molecule is C=Cc1c(/C(=C\C)C(=O)NC(C)c2nc(Br)cs2)cnn1-c1ccc(F)cc1. The van der Waals surface area contributed by atoms with Crippen LogP contribution in [0.5, 0.6) is 0 Å². The summed E-state index contributed by atoms with van der Waals surface area (Å²) in [7, 11) is 0. The molecule has 2 aromatic heterocycles. The summed E-state index contributed by atoms with van der Waals surface area (Å²) in [6, 6.07) is 5.73. The predicted octanol–water partition coefficient (Wildman–Crippen LogP) is 5.15. The van der Waals surface area contributed by atoms with Gasteiger partial charge in [-0.05, 0) is 60.1 Å². The Morgan fingerprint density at radius 2 is 2.11 bits per heavy atom. The van der Waals surface area contributed by atoms with E-state index in [4.69, 9.17) is 0 Å².